The number of halogens is 2. The molecule has 0 aliphatic carbocycles. The van der Waals surface area contributed by atoms with Crippen molar-refractivity contribution in [3.63, 3.8) is 0 Å². The Bertz CT molecular complexity index is 1660. The minimum absolute atomic E-state index is 0.0822. The van der Waals surface area contributed by atoms with Gasteiger partial charge in [-0.3, -0.25) is 9.69 Å². The van der Waals surface area contributed by atoms with E-state index < -0.39 is 0 Å². The van der Waals surface area contributed by atoms with Gasteiger partial charge in [-0.05, 0) is 73.8 Å². The van der Waals surface area contributed by atoms with Crippen LogP contribution in [0.1, 0.15) is 25.3 Å². The summed E-state index contributed by atoms with van der Waals surface area (Å²) >= 11 is 6.52. The van der Waals surface area contributed by atoms with Gasteiger partial charge >= 0.3 is 0 Å². The van der Waals surface area contributed by atoms with E-state index in [4.69, 9.17) is 21.1 Å². The van der Waals surface area contributed by atoms with Crippen molar-refractivity contribution in [1.29, 1.82) is 0 Å². The molecule has 6 rings (SSSR count). The Morgan fingerprint density at radius 3 is 2.81 bits per heavy atom. The summed E-state index contributed by atoms with van der Waals surface area (Å²) in [4.78, 5) is 26.3. The molecular weight excluding hydrogens is 569 g/mol. The normalized spacial score (nSPS) is 15.8. The molecule has 10 heteroatoms. The number of benzene rings is 3. The first-order chi connectivity index (χ1) is 20.9. The molecule has 3 heterocycles. The highest BCUT2D eigenvalue weighted by Crippen LogP contribution is 2.38. The molecule has 43 heavy (non-hydrogen) atoms. The number of aromatic nitrogens is 2. The number of carbonyl (C=O) groups excluding carboxylic acids is 1. The van der Waals surface area contributed by atoms with Crippen LogP contribution in [0.15, 0.2) is 73.1 Å². The first kappa shape index (κ1) is 28.9. The highest BCUT2D eigenvalue weighted by Gasteiger charge is 2.24. The second-order valence-corrected chi connectivity index (χ2v) is 11.4. The number of hydrogen-bond acceptors (Lipinski definition) is 7. The molecule has 0 saturated carbocycles. The second-order valence-electron chi connectivity index (χ2n) is 11.0. The predicted molar refractivity (Wildman–Crippen MR) is 167 cm³/mol. The number of nitrogens with one attached hydrogen (secondary N) is 1. The van der Waals surface area contributed by atoms with Crippen LogP contribution in [0, 0.1) is 11.7 Å². The molecule has 1 aromatic heterocycles. The first-order valence-electron chi connectivity index (χ1n) is 14.5. The number of carbonyl (C=O) groups is 1. The van der Waals surface area contributed by atoms with Crippen LogP contribution in [0.4, 0.5) is 21.6 Å². The van der Waals surface area contributed by atoms with E-state index in [0.717, 1.165) is 30.9 Å². The smallest absolute Gasteiger partial charge is 0.250 e. The average molecular weight is 602 g/mol. The summed E-state index contributed by atoms with van der Waals surface area (Å²) in [5.74, 6) is 2.02. The van der Waals surface area contributed by atoms with Gasteiger partial charge in [-0.1, -0.05) is 36.7 Å². The molecule has 1 N–H and O–H groups in total. The monoisotopic (exact) mass is 601 g/mol. The highest BCUT2D eigenvalue weighted by atomic mass is 35.5. The molecule has 0 spiro atoms. The Kier molecular flexibility index (Phi) is 8.72. The number of nitrogens with zero attached hydrogens (tertiary/aromatic N) is 4. The number of amides is 1. The Morgan fingerprint density at radius 1 is 1.14 bits per heavy atom. The maximum absolute atomic E-state index is 13.5. The van der Waals surface area contributed by atoms with Gasteiger partial charge in [0.2, 0.25) is 0 Å². The van der Waals surface area contributed by atoms with Crippen molar-refractivity contribution >= 4 is 45.6 Å². The van der Waals surface area contributed by atoms with E-state index in [2.05, 4.69) is 27.1 Å². The fourth-order valence-electron chi connectivity index (χ4n) is 5.35. The maximum atomic E-state index is 13.5. The van der Waals surface area contributed by atoms with Crippen molar-refractivity contribution in [3.8, 4) is 11.5 Å². The standard InChI is InChI=1S/C33H33ClFN5O3/c1-22-9-12-39(13-10-22)11-3-6-32(41)40-14-15-42-31-19-28-26(18-29(31)40)33(37-21-36-28)38-25-7-8-30(27(34)17-25)43-20-23-4-2-5-24(35)16-23/h2-8,16-19,21-22H,9-15,20H2,1H3,(H,36,37,38)/b6-3+. The lowest BCUT2D eigenvalue weighted by molar-refractivity contribution is -0.114. The summed E-state index contributed by atoms with van der Waals surface area (Å²) in [7, 11) is 0. The van der Waals surface area contributed by atoms with Gasteiger partial charge in [0.05, 0.1) is 22.8 Å². The van der Waals surface area contributed by atoms with Crippen LogP contribution in [0.5, 0.6) is 11.5 Å². The Morgan fingerprint density at radius 2 is 2.00 bits per heavy atom. The molecule has 0 unspecified atom stereocenters. The zero-order chi connectivity index (χ0) is 29.8. The molecule has 222 valence electrons. The molecule has 1 amide bonds. The van der Waals surface area contributed by atoms with Crippen LogP contribution in [0.2, 0.25) is 5.02 Å². The minimum Gasteiger partial charge on any atom is -0.489 e. The number of piperidine rings is 1. The number of ether oxygens (including phenoxy) is 2. The number of hydrogen-bond donors (Lipinski definition) is 1. The topological polar surface area (TPSA) is 79.8 Å². The van der Waals surface area contributed by atoms with Crippen LogP contribution in [0.25, 0.3) is 10.9 Å². The van der Waals surface area contributed by atoms with E-state index in [9.17, 15) is 9.18 Å². The van der Waals surface area contributed by atoms with E-state index in [-0.39, 0.29) is 18.3 Å². The van der Waals surface area contributed by atoms with Crippen LogP contribution in [-0.2, 0) is 11.4 Å². The van der Waals surface area contributed by atoms with Crippen LogP contribution in [-0.4, -0.2) is 53.6 Å². The third-order valence-electron chi connectivity index (χ3n) is 7.82. The lowest BCUT2D eigenvalue weighted by atomic mass is 9.99. The highest BCUT2D eigenvalue weighted by molar-refractivity contribution is 6.32. The zero-order valence-corrected chi connectivity index (χ0v) is 24.7. The van der Waals surface area contributed by atoms with Crippen molar-refractivity contribution in [1.82, 2.24) is 14.9 Å². The van der Waals surface area contributed by atoms with Crippen molar-refractivity contribution in [2.75, 3.05) is 43.0 Å². The zero-order valence-electron chi connectivity index (χ0n) is 23.9. The first-order valence-corrected chi connectivity index (χ1v) is 14.9. The average Bonchev–Trinajstić information content (AvgIpc) is 3.00. The molecule has 2 aliphatic heterocycles. The van der Waals surface area contributed by atoms with Crippen molar-refractivity contribution < 1.29 is 18.7 Å². The van der Waals surface area contributed by atoms with Gasteiger partial charge in [0, 0.05) is 29.8 Å². The lowest BCUT2D eigenvalue weighted by Crippen LogP contribution is -2.37. The van der Waals surface area contributed by atoms with E-state index >= 15 is 0 Å². The second kappa shape index (κ2) is 13.0. The predicted octanol–water partition coefficient (Wildman–Crippen LogP) is 6.76. The summed E-state index contributed by atoms with van der Waals surface area (Å²) in [5.41, 5.74) is 2.76. The van der Waals surface area contributed by atoms with E-state index in [0.29, 0.717) is 57.9 Å². The molecule has 4 aromatic rings. The van der Waals surface area contributed by atoms with E-state index in [1.165, 1.54) is 31.3 Å². The van der Waals surface area contributed by atoms with Crippen LogP contribution >= 0.6 is 11.6 Å². The van der Waals surface area contributed by atoms with Crippen LogP contribution < -0.4 is 19.7 Å². The van der Waals surface area contributed by atoms with Gasteiger partial charge in [-0.15, -0.1) is 0 Å². The fraction of sp³-hybridized carbons (Fsp3) is 0.303. The van der Waals surface area contributed by atoms with E-state index in [1.807, 2.05) is 24.3 Å². The number of likely N-dealkylation sites (tertiary alicyclic amines) is 1. The largest absolute Gasteiger partial charge is 0.489 e. The SMILES string of the molecule is CC1CCN(C/C=C/C(=O)N2CCOc3cc4ncnc(Nc5ccc(OCc6cccc(F)c6)c(Cl)c5)c4cc32)CC1. The molecule has 0 radical (unpaired) electrons. The molecular formula is C33H33ClFN5O3. The quantitative estimate of drug-likeness (QED) is 0.224. The van der Waals surface area contributed by atoms with Crippen LogP contribution in [0.3, 0.4) is 0 Å². The lowest BCUT2D eigenvalue weighted by Gasteiger charge is -2.30. The Balaban J connectivity index is 1.18. The summed E-state index contributed by atoms with van der Waals surface area (Å²) in [6.45, 7) is 6.25. The fourth-order valence-corrected chi connectivity index (χ4v) is 5.59. The summed E-state index contributed by atoms with van der Waals surface area (Å²) < 4.78 is 25.2. The van der Waals surface area contributed by atoms with Gasteiger partial charge < -0.3 is 19.7 Å². The molecule has 2 aliphatic rings. The minimum atomic E-state index is -0.317. The Labute approximate surface area is 255 Å². The number of anilines is 3. The Hall–Kier alpha value is -4.21. The number of rotatable bonds is 8. The summed E-state index contributed by atoms with van der Waals surface area (Å²) in [6, 6.07) is 15.3. The maximum Gasteiger partial charge on any atom is 0.250 e. The molecule has 3 aromatic carbocycles. The van der Waals surface area contributed by atoms with Gasteiger partial charge in [0.15, 0.2) is 0 Å². The van der Waals surface area contributed by atoms with Crippen molar-refractivity contribution in [2.24, 2.45) is 5.92 Å². The van der Waals surface area contributed by atoms with Gasteiger partial charge in [0.25, 0.3) is 5.91 Å². The van der Waals surface area contributed by atoms with Crippen molar-refractivity contribution in [3.05, 3.63) is 89.5 Å². The summed E-state index contributed by atoms with van der Waals surface area (Å²) in [5, 5.41) is 4.45. The van der Waals surface area contributed by atoms with Crippen molar-refractivity contribution in [2.45, 2.75) is 26.4 Å². The molecule has 1 saturated heterocycles. The third kappa shape index (κ3) is 6.89. The molecule has 1 fully saturated rings. The summed E-state index contributed by atoms with van der Waals surface area (Å²) in [6.07, 6.45) is 7.50. The molecule has 0 bridgehead atoms. The van der Waals surface area contributed by atoms with Gasteiger partial charge in [-0.2, -0.15) is 0 Å². The van der Waals surface area contributed by atoms with E-state index in [1.54, 1.807) is 35.2 Å². The molecule has 8 nitrogen and oxygen atoms in total. The van der Waals surface area contributed by atoms with Gasteiger partial charge in [0.1, 0.15) is 42.7 Å². The van der Waals surface area contributed by atoms with Gasteiger partial charge in [-0.25, -0.2) is 14.4 Å². The third-order valence-corrected chi connectivity index (χ3v) is 8.12. The number of fused-ring (bicyclic) bond motifs is 2. The molecule has 0 atom stereocenters.